The maximum atomic E-state index is 12.4. The van der Waals surface area contributed by atoms with Crippen molar-refractivity contribution in [1.29, 1.82) is 0 Å². The first kappa shape index (κ1) is 21.2. The molecule has 0 radical (unpaired) electrons. The van der Waals surface area contributed by atoms with Crippen molar-refractivity contribution in [2.24, 2.45) is 0 Å². The summed E-state index contributed by atoms with van der Waals surface area (Å²) in [6.45, 7) is 5.74. The van der Waals surface area contributed by atoms with Gasteiger partial charge in [0, 0.05) is 17.3 Å². The maximum absolute atomic E-state index is 12.4. The first-order valence-electron chi connectivity index (χ1n) is 9.62. The van der Waals surface area contributed by atoms with Gasteiger partial charge in [-0.05, 0) is 45.0 Å². The lowest BCUT2D eigenvalue weighted by Crippen LogP contribution is -2.42. The number of hydrogen-bond donors (Lipinski definition) is 2. The van der Waals surface area contributed by atoms with Crippen molar-refractivity contribution >= 4 is 23.5 Å². The third-order valence-electron chi connectivity index (χ3n) is 4.45. The van der Waals surface area contributed by atoms with Gasteiger partial charge < -0.3 is 24.8 Å². The number of hydrogen-bond acceptors (Lipinski definition) is 6. The quantitative estimate of drug-likeness (QED) is 0.707. The Bertz CT molecular complexity index is 958. The third-order valence-corrected chi connectivity index (χ3v) is 4.45. The van der Waals surface area contributed by atoms with Gasteiger partial charge in [-0.25, -0.2) is 4.79 Å². The standard InChI is InChI=1S/C22H24N2O6/c1-13-5-4-6-16(11-13)21(26)23-14(2)22(27)30-15(3)20(25)24-17-7-8-18-19(12-17)29-10-9-28-18/h4-8,11-12,14-15H,9-10H2,1-3H3,(H,23,26)(H,24,25)/t14-,15+/m0/s1. The Morgan fingerprint density at radius 2 is 1.73 bits per heavy atom. The first-order valence-corrected chi connectivity index (χ1v) is 9.62. The highest BCUT2D eigenvalue weighted by atomic mass is 16.6. The van der Waals surface area contributed by atoms with Gasteiger partial charge in [-0.3, -0.25) is 9.59 Å². The SMILES string of the molecule is Cc1cccc(C(=O)N[C@@H](C)C(=O)O[C@H](C)C(=O)Nc2ccc3c(c2)OCCO3)c1. The molecule has 0 saturated heterocycles. The molecule has 0 spiro atoms. The molecule has 0 unspecified atom stereocenters. The average Bonchev–Trinajstić information content (AvgIpc) is 2.73. The van der Waals surface area contributed by atoms with Crippen LogP contribution < -0.4 is 20.1 Å². The second-order valence-corrected chi connectivity index (χ2v) is 6.99. The maximum Gasteiger partial charge on any atom is 0.329 e. The van der Waals surface area contributed by atoms with E-state index in [0.29, 0.717) is 36.0 Å². The van der Waals surface area contributed by atoms with Crippen molar-refractivity contribution in [2.75, 3.05) is 18.5 Å². The second kappa shape index (κ2) is 9.30. The van der Waals surface area contributed by atoms with Crippen molar-refractivity contribution in [2.45, 2.75) is 32.9 Å². The summed E-state index contributed by atoms with van der Waals surface area (Å²) in [6, 6.07) is 11.1. The smallest absolute Gasteiger partial charge is 0.329 e. The monoisotopic (exact) mass is 412 g/mol. The summed E-state index contributed by atoms with van der Waals surface area (Å²) in [7, 11) is 0. The molecule has 0 aromatic heterocycles. The minimum Gasteiger partial charge on any atom is -0.486 e. The summed E-state index contributed by atoms with van der Waals surface area (Å²) >= 11 is 0. The van der Waals surface area contributed by atoms with Crippen molar-refractivity contribution < 1.29 is 28.6 Å². The zero-order chi connectivity index (χ0) is 21.7. The lowest BCUT2D eigenvalue weighted by atomic mass is 10.1. The zero-order valence-electron chi connectivity index (χ0n) is 17.1. The van der Waals surface area contributed by atoms with E-state index in [0.717, 1.165) is 5.56 Å². The highest BCUT2D eigenvalue weighted by Gasteiger charge is 2.24. The van der Waals surface area contributed by atoms with Crippen molar-refractivity contribution in [3.8, 4) is 11.5 Å². The molecular weight excluding hydrogens is 388 g/mol. The summed E-state index contributed by atoms with van der Waals surface area (Å²) in [5.41, 5.74) is 1.87. The number of rotatable bonds is 6. The van der Waals surface area contributed by atoms with Crippen LogP contribution in [-0.2, 0) is 14.3 Å². The number of amides is 2. The van der Waals surface area contributed by atoms with Crippen LogP contribution in [0.15, 0.2) is 42.5 Å². The molecule has 8 heteroatoms. The minimum atomic E-state index is -1.05. The summed E-state index contributed by atoms with van der Waals surface area (Å²) in [5, 5.41) is 5.25. The van der Waals surface area contributed by atoms with Crippen molar-refractivity contribution in [3.63, 3.8) is 0 Å². The highest BCUT2D eigenvalue weighted by molar-refractivity contribution is 5.98. The van der Waals surface area contributed by atoms with E-state index in [1.807, 2.05) is 13.0 Å². The third kappa shape index (κ3) is 5.28. The van der Waals surface area contributed by atoms with Gasteiger partial charge in [-0.1, -0.05) is 17.7 Å². The van der Waals surface area contributed by atoms with Crippen LogP contribution >= 0.6 is 0 Å². The Balaban J connectivity index is 1.52. The van der Waals surface area contributed by atoms with E-state index < -0.39 is 29.9 Å². The molecule has 0 saturated carbocycles. The summed E-state index contributed by atoms with van der Waals surface area (Å²) in [4.78, 5) is 36.9. The molecule has 0 fully saturated rings. The van der Waals surface area contributed by atoms with Crippen molar-refractivity contribution in [3.05, 3.63) is 53.6 Å². The second-order valence-electron chi connectivity index (χ2n) is 6.99. The summed E-state index contributed by atoms with van der Waals surface area (Å²) < 4.78 is 16.1. The number of ether oxygens (including phenoxy) is 3. The predicted octanol–water partition coefficient (Wildman–Crippen LogP) is 2.45. The molecule has 3 rings (SSSR count). The molecule has 2 atom stereocenters. The fourth-order valence-electron chi connectivity index (χ4n) is 2.82. The number of esters is 1. The number of nitrogens with one attached hydrogen (secondary N) is 2. The lowest BCUT2D eigenvalue weighted by Gasteiger charge is -2.20. The fraction of sp³-hybridized carbons (Fsp3) is 0.318. The van der Waals surface area contributed by atoms with Crippen LogP contribution in [0.5, 0.6) is 11.5 Å². The van der Waals surface area contributed by atoms with Crippen LogP contribution in [0.4, 0.5) is 5.69 Å². The van der Waals surface area contributed by atoms with Crippen LogP contribution in [0.25, 0.3) is 0 Å². The number of anilines is 1. The topological polar surface area (TPSA) is 103 Å². The predicted molar refractivity (Wildman–Crippen MR) is 110 cm³/mol. The van der Waals surface area contributed by atoms with Crippen LogP contribution in [0.2, 0.25) is 0 Å². The summed E-state index contributed by atoms with van der Waals surface area (Å²) in [5.74, 6) is -0.456. The van der Waals surface area contributed by atoms with Gasteiger partial charge in [0.1, 0.15) is 19.3 Å². The van der Waals surface area contributed by atoms with E-state index in [-0.39, 0.29) is 0 Å². The first-order chi connectivity index (χ1) is 14.3. The fourth-order valence-corrected chi connectivity index (χ4v) is 2.82. The van der Waals surface area contributed by atoms with Gasteiger partial charge >= 0.3 is 5.97 Å². The Morgan fingerprint density at radius 3 is 2.47 bits per heavy atom. The molecule has 158 valence electrons. The van der Waals surface area contributed by atoms with E-state index in [9.17, 15) is 14.4 Å². The van der Waals surface area contributed by atoms with Gasteiger partial charge in [0.05, 0.1) is 0 Å². The van der Waals surface area contributed by atoms with Crippen LogP contribution in [-0.4, -0.2) is 43.1 Å². The Labute approximate surface area is 174 Å². The molecule has 0 bridgehead atoms. The molecule has 2 amide bonds. The largest absolute Gasteiger partial charge is 0.486 e. The number of carbonyl (C=O) groups is 3. The molecule has 30 heavy (non-hydrogen) atoms. The molecule has 1 heterocycles. The van der Waals surface area contributed by atoms with E-state index in [4.69, 9.17) is 14.2 Å². The highest BCUT2D eigenvalue weighted by Crippen LogP contribution is 2.32. The van der Waals surface area contributed by atoms with Gasteiger partial charge in [-0.2, -0.15) is 0 Å². The molecule has 1 aliphatic rings. The normalized spacial score (nSPS) is 14.2. The Kier molecular flexibility index (Phi) is 6.56. The molecular formula is C22H24N2O6. The molecule has 1 aliphatic heterocycles. The summed E-state index contributed by atoms with van der Waals surface area (Å²) in [6.07, 6.45) is -1.05. The van der Waals surface area contributed by atoms with Gasteiger partial charge in [0.2, 0.25) is 0 Å². The van der Waals surface area contributed by atoms with Crippen LogP contribution in [0.1, 0.15) is 29.8 Å². The number of benzene rings is 2. The zero-order valence-corrected chi connectivity index (χ0v) is 17.1. The Morgan fingerprint density at radius 1 is 1.00 bits per heavy atom. The van der Waals surface area contributed by atoms with Crippen molar-refractivity contribution in [1.82, 2.24) is 5.32 Å². The van der Waals surface area contributed by atoms with Gasteiger partial charge in [0.25, 0.3) is 11.8 Å². The molecule has 2 aromatic carbocycles. The lowest BCUT2D eigenvalue weighted by molar-refractivity contribution is -0.154. The van der Waals surface area contributed by atoms with E-state index >= 15 is 0 Å². The molecule has 0 aliphatic carbocycles. The van der Waals surface area contributed by atoms with Gasteiger partial charge in [-0.15, -0.1) is 0 Å². The van der Waals surface area contributed by atoms with Gasteiger partial charge in [0.15, 0.2) is 17.6 Å². The van der Waals surface area contributed by atoms with E-state index in [1.54, 1.807) is 36.4 Å². The molecule has 2 N–H and O–H groups in total. The average molecular weight is 412 g/mol. The molecule has 8 nitrogen and oxygen atoms in total. The minimum absolute atomic E-state index is 0.392. The van der Waals surface area contributed by atoms with E-state index in [2.05, 4.69) is 10.6 Å². The Hall–Kier alpha value is -3.55. The number of carbonyl (C=O) groups excluding carboxylic acids is 3. The number of fused-ring (bicyclic) bond motifs is 1. The number of aryl methyl sites for hydroxylation is 1. The molecule has 2 aromatic rings. The van der Waals surface area contributed by atoms with Crippen LogP contribution in [0.3, 0.4) is 0 Å². The van der Waals surface area contributed by atoms with Crippen LogP contribution in [0, 0.1) is 6.92 Å². The van der Waals surface area contributed by atoms with E-state index in [1.165, 1.54) is 13.8 Å².